The van der Waals surface area contributed by atoms with Crippen LogP contribution in [0.15, 0.2) is 0 Å². The molecule has 114 valence electrons. The van der Waals surface area contributed by atoms with Crippen LogP contribution in [0.4, 0.5) is 0 Å². The maximum Gasteiger partial charge on any atom is 0.237 e. The number of rotatable bonds is 11. The lowest BCUT2D eigenvalue weighted by molar-refractivity contribution is -0.123. The first-order valence-electron chi connectivity index (χ1n) is 7.83. The SMILES string of the molecule is CCCC[C@H](N)C(=O)NC(C)CCCN(CC)CC. The van der Waals surface area contributed by atoms with E-state index in [4.69, 9.17) is 5.73 Å². The summed E-state index contributed by atoms with van der Waals surface area (Å²) >= 11 is 0. The molecule has 1 amide bonds. The van der Waals surface area contributed by atoms with Crippen molar-refractivity contribution in [1.82, 2.24) is 10.2 Å². The molecule has 0 aromatic heterocycles. The van der Waals surface area contributed by atoms with Crippen molar-refractivity contribution in [3.05, 3.63) is 0 Å². The number of unbranched alkanes of at least 4 members (excludes halogenated alkanes) is 1. The number of amides is 1. The van der Waals surface area contributed by atoms with Gasteiger partial charge < -0.3 is 16.0 Å². The Morgan fingerprint density at radius 2 is 1.79 bits per heavy atom. The van der Waals surface area contributed by atoms with Gasteiger partial charge in [-0.3, -0.25) is 4.79 Å². The molecule has 4 heteroatoms. The van der Waals surface area contributed by atoms with Gasteiger partial charge in [-0.05, 0) is 45.8 Å². The minimum atomic E-state index is -0.342. The molecule has 0 aliphatic carbocycles. The van der Waals surface area contributed by atoms with Crippen LogP contribution in [0.1, 0.15) is 59.8 Å². The largest absolute Gasteiger partial charge is 0.352 e. The van der Waals surface area contributed by atoms with Crippen LogP contribution in [-0.4, -0.2) is 42.5 Å². The number of nitrogens with two attached hydrogens (primary N) is 1. The van der Waals surface area contributed by atoms with Crippen molar-refractivity contribution in [1.29, 1.82) is 0 Å². The van der Waals surface area contributed by atoms with Gasteiger partial charge in [-0.15, -0.1) is 0 Å². The maximum absolute atomic E-state index is 11.8. The van der Waals surface area contributed by atoms with E-state index < -0.39 is 0 Å². The van der Waals surface area contributed by atoms with Crippen LogP contribution in [0.25, 0.3) is 0 Å². The molecule has 0 fully saturated rings. The third kappa shape index (κ3) is 9.00. The van der Waals surface area contributed by atoms with E-state index in [2.05, 4.69) is 37.9 Å². The summed E-state index contributed by atoms with van der Waals surface area (Å²) in [6.45, 7) is 11.8. The number of hydrogen-bond acceptors (Lipinski definition) is 3. The van der Waals surface area contributed by atoms with Gasteiger partial charge in [-0.1, -0.05) is 33.6 Å². The van der Waals surface area contributed by atoms with Gasteiger partial charge in [-0.25, -0.2) is 0 Å². The fourth-order valence-electron chi connectivity index (χ4n) is 2.14. The van der Waals surface area contributed by atoms with Gasteiger partial charge in [0.2, 0.25) is 5.91 Å². The van der Waals surface area contributed by atoms with E-state index in [1.165, 1.54) is 0 Å². The van der Waals surface area contributed by atoms with Crippen LogP contribution in [0.5, 0.6) is 0 Å². The molecule has 4 nitrogen and oxygen atoms in total. The first-order valence-corrected chi connectivity index (χ1v) is 7.83. The summed E-state index contributed by atoms with van der Waals surface area (Å²) in [6.07, 6.45) is 5.02. The van der Waals surface area contributed by atoms with Crippen molar-refractivity contribution >= 4 is 5.91 Å². The Kier molecular flexibility index (Phi) is 10.9. The molecular weight excluding hydrogens is 238 g/mol. The molecule has 0 radical (unpaired) electrons. The molecule has 0 aliphatic rings. The Morgan fingerprint density at radius 1 is 1.16 bits per heavy atom. The Bertz CT molecular complexity index is 229. The molecule has 0 aromatic carbocycles. The number of nitrogens with one attached hydrogen (secondary N) is 1. The molecule has 0 aliphatic heterocycles. The minimum Gasteiger partial charge on any atom is -0.352 e. The summed E-state index contributed by atoms with van der Waals surface area (Å²) in [6, 6.07) is -0.124. The predicted molar refractivity (Wildman–Crippen MR) is 82.1 cm³/mol. The van der Waals surface area contributed by atoms with Crippen molar-refractivity contribution < 1.29 is 4.79 Å². The van der Waals surface area contributed by atoms with Crippen molar-refractivity contribution in [2.75, 3.05) is 19.6 Å². The van der Waals surface area contributed by atoms with E-state index in [1.807, 2.05) is 0 Å². The average molecular weight is 271 g/mol. The second kappa shape index (κ2) is 11.2. The summed E-state index contributed by atoms with van der Waals surface area (Å²) in [5.41, 5.74) is 5.85. The number of carbonyl (C=O) groups is 1. The molecule has 19 heavy (non-hydrogen) atoms. The van der Waals surface area contributed by atoms with Crippen LogP contribution in [-0.2, 0) is 4.79 Å². The molecule has 2 atom stereocenters. The topological polar surface area (TPSA) is 58.4 Å². The lowest BCUT2D eigenvalue weighted by Gasteiger charge is -2.20. The first kappa shape index (κ1) is 18.4. The second-order valence-corrected chi connectivity index (χ2v) is 5.33. The van der Waals surface area contributed by atoms with Crippen LogP contribution >= 0.6 is 0 Å². The molecule has 1 unspecified atom stereocenters. The molecule has 0 rings (SSSR count). The van der Waals surface area contributed by atoms with Gasteiger partial charge in [0.1, 0.15) is 0 Å². The summed E-state index contributed by atoms with van der Waals surface area (Å²) in [5, 5.41) is 3.02. The summed E-state index contributed by atoms with van der Waals surface area (Å²) in [4.78, 5) is 14.2. The zero-order valence-electron chi connectivity index (χ0n) is 13.2. The van der Waals surface area contributed by atoms with Crippen molar-refractivity contribution in [2.24, 2.45) is 5.73 Å². The van der Waals surface area contributed by atoms with Gasteiger partial charge in [-0.2, -0.15) is 0 Å². The van der Waals surface area contributed by atoms with Crippen LogP contribution in [0, 0.1) is 0 Å². The highest BCUT2D eigenvalue weighted by Crippen LogP contribution is 2.02. The van der Waals surface area contributed by atoms with Crippen molar-refractivity contribution in [3.63, 3.8) is 0 Å². The maximum atomic E-state index is 11.8. The fourth-order valence-corrected chi connectivity index (χ4v) is 2.14. The molecule has 0 bridgehead atoms. The van der Waals surface area contributed by atoms with Crippen LogP contribution < -0.4 is 11.1 Å². The normalized spacial score (nSPS) is 14.4. The third-order valence-electron chi connectivity index (χ3n) is 3.60. The van der Waals surface area contributed by atoms with Crippen LogP contribution in [0.3, 0.4) is 0 Å². The lowest BCUT2D eigenvalue weighted by Crippen LogP contribution is -2.44. The molecule has 0 heterocycles. The highest BCUT2D eigenvalue weighted by Gasteiger charge is 2.14. The smallest absolute Gasteiger partial charge is 0.237 e. The molecule has 0 saturated carbocycles. The van der Waals surface area contributed by atoms with Crippen molar-refractivity contribution in [2.45, 2.75) is 71.9 Å². The average Bonchev–Trinajstić information content (AvgIpc) is 2.40. The van der Waals surface area contributed by atoms with E-state index in [1.54, 1.807) is 0 Å². The highest BCUT2D eigenvalue weighted by molar-refractivity contribution is 5.81. The molecule has 0 spiro atoms. The molecular formula is C15H33N3O. The zero-order valence-corrected chi connectivity index (χ0v) is 13.2. The van der Waals surface area contributed by atoms with Gasteiger partial charge in [0, 0.05) is 6.04 Å². The van der Waals surface area contributed by atoms with E-state index >= 15 is 0 Å². The van der Waals surface area contributed by atoms with Gasteiger partial charge in [0.05, 0.1) is 6.04 Å². The summed E-state index contributed by atoms with van der Waals surface area (Å²) in [7, 11) is 0. The zero-order chi connectivity index (χ0) is 14.7. The number of hydrogen-bond donors (Lipinski definition) is 2. The summed E-state index contributed by atoms with van der Waals surface area (Å²) < 4.78 is 0. The predicted octanol–water partition coefficient (Wildman–Crippen LogP) is 2.13. The Balaban J connectivity index is 3.78. The van der Waals surface area contributed by atoms with Crippen LogP contribution in [0.2, 0.25) is 0 Å². The first-order chi connectivity index (χ1) is 9.04. The Morgan fingerprint density at radius 3 is 2.32 bits per heavy atom. The molecule has 0 aromatic rings. The fraction of sp³-hybridized carbons (Fsp3) is 0.933. The Labute approximate surface area is 119 Å². The molecule has 3 N–H and O–H groups in total. The van der Waals surface area contributed by atoms with Gasteiger partial charge >= 0.3 is 0 Å². The summed E-state index contributed by atoms with van der Waals surface area (Å²) in [5.74, 6) is 0.00351. The molecule has 0 saturated heterocycles. The standard InChI is InChI=1S/C15H33N3O/c1-5-8-11-14(16)15(19)17-13(4)10-9-12-18(6-2)7-3/h13-14H,5-12,16H2,1-4H3,(H,17,19)/t13?,14-/m0/s1. The quantitative estimate of drug-likeness (QED) is 0.605. The van der Waals surface area contributed by atoms with E-state index in [9.17, 15) is 4.79 Å². The van der Waals surface area contributed by atoms with Gasteiger partial charge in [0.25, 0.3) is 0 Å². The van der Waals surface area contributed by atoms with Gasteiger partial charge in [0.15, 0.2) is 0 Å². The van der Waals surface area contributed by atoms with Crippen molar-refractivity contribution in [3.8, 4) is 0 Å². The Hall–Kier alpha value is -0.610. The third-order valence-corrected chi connectivity index (χ3v) is 3.60. The monoisotopic (exact) mass is 271 g/mol. The minimum absolute atomic E-state index is 0.00351. The lowest BCUT2D eigenvalue weighted by atomic mass is 10.1. The van der Waals surface area contributed by atoms with E-state index in [0.29, 0.717) is 0 Å². The van der Waals surface area contributed by atoms with E-state index in [0.717, 1.165) is 51.7 Å². The van der Waals surface area contributed by atoms with E-state index in [-0.39, 0.29) is 18.0 Å². The highest BCUT2D eigenvalue weighted by atomic mass is 16.2. The second-order valence-electron chi connectivity index (χ2n) is 5.33. The number of nitrogens with zero attached hydrogens (tertiary/aromatic N) is 1. The number of carbonyl (C=O) groups excluding carboxylic acids is 1.